The van der Waals surface area contributed by atoms with Gasteiger partial charge in [0, 0.05) is 13.7 Å². The Labute approximate surface area is 73.9 Å². The van der Waals surface area contributed by atoms with E-state index in [4.69, 9.17) is 9.29 Å². The molecule has 0 aromatic rings. The van der Waals surface area contributed by atoms with Gasteiger partial charge in [0.05, 0.1) is 6.26 Å². The molecule has 0 aliphatic heterocycles. The van der Waals surface area contributed by atoms with Crippen LogP contribution in [0, 0.1) is 0 Å². The highest BCUT2D eigenvalue weighted by molar-refractivity contribution is 7.85. The van der Waals surface area contributed by atoms with E-state index in [1.807, 2.05) is 7.05 Å². The van der Waals surface area contributed by atoms with Gasteiger partial charge < -0.3 is 10.1 Å². The normalized spacial score (nSPS) is 10.3. The quantitative estimate of drug-likeness (QED) is 0.482. The largest absolute Gasteiger partial charge is 0.385 e. The van der Waals surface area contributed by atoms with Crippen molar-refractivity contribution < 1.29 is 17.7 Å². The Balaban J connectivity index is 0. The second kappa shape index (κ2) is 8.92. The molecule has 0 heterocycles. The van der Waals surface area contributed by atoms with Crippen molar-refractivity contribution in [2.75, 3.05) is 33.6 Å². The van der Waals surface area contributed by atoms with Gasteiger partial charge in [-0.05, 0) is 20.0 Å². The van der Waals surface area contributed by atoms with E-state index in [0.29, 0.717) is 6.26 Å². The van der Waals surface area contributed by atoms with Crippen LogP contribution in [0.3, 0.4) is 0 Å². The minimum Gasteiger partial charge on any atom is -0.385 e. The minimum absolute atomic E-state index is 0.715. The fourth-order valence-electron chi connectivity index (χ4n) is 0.393. The van der Waals surface area contributed by atoms with E-state index >= 15 is 0 Å². The van der Waals surface area contributed by atoms with Crippen molar-refractivity contribution in [3.63, 3.8) is 0 Å². The third kappa shape index (κ3) is 52.2. The number of hydrogen-bond donors (Lipinski definition) is 2. The molecule has 2 N–H and O–H groups in total. The van der Waals surface area contributed by atoms with E-state index in [0.717, 1.165) is 19.6 Å². The van der Waals surface area contributed by atoms with Gasteiger partial charge in [-0.3, -0.25) is 4.55 Å². The first-order chi connectivity index (χ1) is 5.41. The first-order valence-corrected chi connectivity index (χ1v) is 5.32. The summed E-state index contributed by atoms with van der Waals surface area (Å²) in [6.45, 7) is 1.91. The molecule has 0 saturated carbocycles. The Morgan fingerprint density at radius 3 is 2.17 bits per heavy atom. The molecular weight excluding hydrogens is 182 g/mol. The Morgan fingerprint density at radius 1 is 1.50 bits per heavy atom. The second-order valence-electron chi connectivity index (χ2n) is 2.18. The third-order valence-corrected chi connectivity index (χ3v) is 0.775. The first kappa shape index (κ1) is 14.4. The molecule has 0 atom stereocenters. The van der Waals surface area contributed by atoms with E-state index in [1.54, 1.807) is 7.11 Å². The minimum atomic E-state index is -3.67. The predicted octanol–water partition coefficient (Wildman–Crippen LogP) is -0.254. The Morgan fingerprint density at radius 2 is 1.92 bits per heavy atom. The fraction of sp³-hybridized carbons (Fsp3) is 1.00. The molecule has 0 fully saturated rings. The highest BCUT2D eigenvalue weighted by Crippen LogP contribution is 1.73. The number of nitrogens with one attached hydrogen (secondary N) is 1. The average Bonchev–Trinajstić information content (AvgIpc) is 1.85. The van der Waals surface area contributed by atoms with Crippen molar-refractivity contribution in [2.24, 2.45) is 0 Å². The summed E-state index contributed by atoms with van der Waals surface area (Å²) < 4.78 is 30.7. The molecule has 0 amide bonds. The van der Waals surface area contributed by atoms with E-state index in [-0.39, 0.29) is 0 Å². The van der Waals surface area contributed by atoms with Crippen LogP contribution in [0.2, 0.25) is 0 Å². The molecule has 0 aromatic heterocycles. The molecule has 0 bridgehead atoms. The summed E-state index contributed by atoms with van der Waals surface area (Å²) >= 11 is 0. The van der Waals surface area contributed by atoms with E-state index in [2.05, 4.69) is 5.32 Å². The van der Waals surface area contributed by atoms with Gasteiger partial charge in [0.1, 0.15) is 0 Å². The summed E-state index contributed by atoms with van der Waals surface area (Å²) in [5.41, 5.74) is 0. The zero-order valence-corrected chi connectivity index (χ0v) is 8.52. The Bertz CT molecular complexity index is 154. The molecule has 76 valence electrons. The molecule has 0 unspecified atom stereocenters. The van der Waals surface area contributed by atoms with Crippen LogP contribution in [-0.2, 0) is 14.9 Å². The lowest BCUT2D eigenvalue weighted by molar-refractivity contribution is 0.195. The Hall–Kier alpha value is -0.170. The molecule has 6 heteroatoms. The van der Waals surface area contributed by atoms with E-state index in [1.165, 1.54) is 0 Å². The lowest BCUT2D eigenvalue weighted by atomic mass is 10.5. The number of ether oxygens (including phenoxy) is 1. The Kier molecular flexibility index (Phi) is 10.7. The van der Waals surface area contributed by atoms with E-state index in [9.17, 15) is 8.42 Å². The second-order valence-corrected chi connectivity index (χ2v) is 3.65. The van der Waals surface area contributed by atoms with Gasteiger partial charge in [0.2, 0.25) is 0 Å². The summed E-state index contributed by atoms with van der Waals surface area (Å²) in [5, 5.41) is 3.02. The average molecular weight is 199 g/mol. The fourth-order valence-corrected chi connectivity index (χ4v) is 0.393. The van der Waals surface area contributed by atoms with Crippen molar-refractivity contribution in [1.82, 2.24) is 5.32 Å². The molecular formula is C6H17NO4S. The smallest absolute Gasteiger partial charge is 0.261 e. The standard InChI is InChI=1S/C5H13NO.CH4O3S/c1-6-4-3-5-7-2;1-5(2,3)4/h6H,3-5H2,1-2H3;1H3,(H,2,3,4). The molecule has 0 spiro atoms. The molecule has 0 saturated heterocycles. The van der Waals surface area contributed by atoms with Crippen LogP contribution >= 0.6 is 0 Å². The van der Waals surface area contributed by atoms with Crippen LogP contribution in [0.5, 0.6) is 0 Å². The van der Waals surface area contributed by atoms with Gasteiger partial charge >= 0.3 is 0 Å². The summed E-state index contributed by atoms with van der Waals surface area (Å²) in [5.74, 6) is 0. The van der Waals surface area contributed by atoms with Crippen molar-refractivity contribution in [2.45, 2.75) is 6.42 Å². The van der Waals surface area contributed by atoms with Crippen LogP contribution in [0.4, 0.5) is 0 Å². The van der Waals surface area contributed by atoms with Crippen LogP contribution in [-0.4, -0.2) is 46.5 Å². The SMILES string of the molecule is CNCCCOC.CS(=O)(=O)O. The van der Waals surface area contributed by atoms with Gasteiger partial charge in [0.15, 0.2) is 0 Å². The number of rotatable bonds is 4. The zero-order chi connectivity index (χ0) is 10.0. The maximum atomic E-state index is 9.19. The maximum Gasteiger partial charge on any atom is 0.261 e. The van der Waals surface area contributed by atoms with Crippen molar-refractivity contribution in [3.8, 4) is 0 Å². The monoisotopic (exact) mass is 199 g/mol. The molecule has 12 heavy (non-hydrogen) atoms. The third-order valence-electron chi connectivity index (χ3n) is 0.775. The lowest BCUT2D eigenvalue weighted by Gasteiger charge is -1.94. The summed E-state index contributed by atoms with van der Waals surface area (Å²) in [4.78, 5) is 0. The number of methoxy groups -OCH3 is 1. The molecule has 0 aliphatic carbocycles. The van der Waals surface area contributed by atoms with Crippen LogP contribution in [0.1, 0.15) is 6.42 Å². The molecule has 0 radical (unpaired) electrons. The zero-order valence-electron chi connectivity index (χ0n) is 7.70. The number of hydrogen-bond acceptors (Lipinski definition) is 4. The van der Waals surface area contributed by atoms with Crippen molar-refractivity contribution in [1.29, 1.82) is 0 Å². The van der Waals surface area contributed by atoms with Gasteiger partial charge in [-0.25, -0.2) is 0 Å². The lowest BCUT2D eigenvalue weighted by Crippen LogP contribution is -2.09. The molecule has 0 rings (SSSR count). The summed E-state index contributed by atoms with van der Waals surface area (Å²) in [6.07, 6.45) is 1.82. The van der Waals surface area contributed by atoms with Crippen LogP contribution in [0.25, 0.3) is 0 Å². The van der Waals surface area contributed by atoms with Crippen LogP contribution in [0.15, 0.2) is 0 Å². The maximum absolute atomic E-state index is 9.19. The summed E-state index contributed by atoms with van der Waals surface area (Å²) in [6, 6.07) is 0. The van der Waals surface area contributed by atoms with Gasteiger partial charge in [-0.15, -0.1) is 0 Å². The van der Waals surface area contributed by atoms with Crippen molar-refractivity contribution >= 4 is 10.1 Å². The topological polar surface area (TPSA) is 75.6 Å². The van der Waals surface area contributed by atoms with Crippen molar-refractivity contribution in [3.05, 3.63) is 0 Å². The molecule has 0 aromatic carbocycles. The highest BCUT2D eigenvalue weighted by atomic mass is 32.2. The van der Waals surface area contributed by atoms with Gasteiger partial charge in [0.25, 0.3) is 10.1 Å². The summed E-state index contributed by atoms with van der Waals surface area (Å²) in [7, 11) is -0.00861. The first-order valence-electron chi connectivity index (χ1n) is 3.47. The molecule has 5 nitrogen and oxygen atoms in total. The van der Waals surface area contributed by atoms with Crippen LogP contribution < -0.4 is 5.32 Å². The molecule has 0 aliphatic rings. The van der Waals surface area contributed by atoms with Gasteiger partial charge in [-0.2, -0.15) is 8.42 Å². The predicted molar refractivity (Wildman–Crippen MR) is 47.9 cm³/mol. The van der Waals surface area contributed by atoms with Gasteiger partial charge in [-0.1, -0.05) is 0 Å². The highest BCUT2D eigenvalue weighted by Gasteiger charge is 1.81. The van der Waals surface area contributed by atoms with E-state index < -0.39 is 10.1 Å².